The van der Waals surface area contributed by atoms with Gasteiger partial charge in [-0.05, 0) is 24.3 Å². The predicted octanol–water partition coefficient (Wildman–Crippen LogP) is 1.90. The highest BCUT2D eigenvalue weighted by atomic mass is 79.9. The van der Waals surface area contributed by atoms with Crippen LogP contribution in [0.4, 0.5) is 10.5 Å². The van der Waals surface area contributed by atoms with Gasteiger partial charge >= 0.3 is 6.03 Å². The smallest absolute Gasteiger partial charge is 0.319 e. The molecule has 1 aromatic rings. The maximum Gasteiger partial charge on any atom is 0.319 e. The van der Waals surface area contributed by atoms with Gasteiger partial charge in [-0.25, -0.2) is 4.79 Å². The minimum atomic E-state index is -0.171. The molecule has 0 bridgehead atoms. The molecule has 6 heteroatoms. The highest BCUT2D eigenvalue weighted by Gasteiger charge is 2.10. The molecule has 104 valence electrons. The summed E-state index contributed by atoms with van der Waals surface area (Å²) in [4.78, 5) is 13.9. The van der Waals surface area contributed by atoms with E-state index in [9.17, 15) is 4.79 Å². The minimum absolute atomic E-state index is 0.171. The zero-order valence-corrected chi connectivity index (χ0v) is 12.3. The van der Waals surface area contributed by atoms with Gasteiger partial charge in [0.25, 0.3) is 0 Å². The van der Waals surface area contributed by atoms with Crippen molar-refractivity contribution in [1.82, 2.24) is 10.2 Å². The Morgan fingerprint density at radius 1 is 1.26 bits per heavy atom. The monoisotopic (exact) mass is 327 g/mol. The average Bonchev–Trinajstić information content (AvgIpc) is 2.43. The standard InChI is InChI=1S/C13H18BrN3O2/c14-11-1-3-12(4-2-11)16-13(18)15-5-6-17-7-9-19-10-8-17/h1-4H,5-10H2,(H2,15,16,18). The molecule has 0 aromatic heterocycles. The first-order chi connectivity index (χ1) is 9.24. The Hall–Kier alpha value is -1.11. The molecule has 1 aliphatic heterocycles. The third-order valence-electron chi connectivity index (χ3n) is 2.92. The third-order valence-corrected chi connectivity index (χ3v) is 3.45. The molecule has 0 saturated carbocycles. The Morgan fingerprint density at radius 3 is 2.63 bits per heavy atom. The molecule has 19 heavy (non-hydrogen) atoms. The lowest BCUT2D eigenvalue weighted by atomic mass is 10.3. The van der Waals surface area contributed by atoms with E-state index in [1.54, 1.807) is 0 Å². The SMILES string of the molecule is O=C(NCCN1CCOCC1)Nc1ccc(Br)cc1. The zero-order chi connectivity index (χ0) is 13.5. The third kappa shape index (κ3) is 5.18. The van der Waals surface area contributed by atoms with E-state index in [2.05, 4.69) is 31.5 Å². The van der Waals surface area contributed by atoms with E-state index in [0.29, 0.717) is 6.54 Å². The number of benzene rings is 1. The van der Waals surface area contributed by atoms with Crippen LogP contribution in [0.3, 0.4) is 0 Å². The van der Waals surface area contributed by atoms with Gasteiger partial charge in [0, 0.05) is 36.3 Å². The van der Waals surface area contributed by atoms with Gasteiger partial charge in [0.1, 0.15) is 0 Å². The molecular formula is C13H18BrN3O2. The molecule has 1 aromatic carbocycles. The number of nitrogens with one attached hydrogen (secondary N) is 2. The fraction of sp³-hybridized carbons (Fsp3) is 0.462. The molecule has 1 saturated heterocycles. The maximum absolute atomic E-state index is 11.7. The number of carbonyl (C=O) groups is 1. The summed E-state index contributed by atoms with van der Waals surface area (Å²) in [6.07, 6.45) is 0. The Kier molecular flexibility index (Phi) is 5.62. The van der Waals surface area contributed by atoms with Crippen LogP contribution in [0.2, 0.25) is 0 Å². The first kappa shape index (κ1) is 14.3. The van der Waals surface area contributed by atoms with Crippen LogP contribution in [0.1, 0.15) is 0 Å². The Labute approximate surface area is 121 Å². The average molecular weight is 328 g/mol. The number of halogens is 1. The molecule has 2 N–H and O–H groups in total. The van der Waals surface area contributed by atoms with Gasteiger partial charge in [-0.15, -0.1) is 0 Å². The molecule has 0 aliphatic carbocycles. The van der Waals surface area contributed by atoms with Crippen LogP contribution in [-0.4, -0.2) is 50.3 Å². The van der Waals surface area contributed by atoms with Gasteiger partial charge in [-0.1, -0.05) is 15.9 Å². The number of hydrogen-bond acceptors (Lipinski definition) is 3. The minimum Gasteiger partial charge on any atom is -0.379 e. The number of hydrogen-bond donors (Lipinski definition) is 2. The lowest BCUT2D eigenvalue weighted by molar-refractivity contribution is 0.0388. The first-order valence-corrected chi connectivity index (χ1v) is 7.14. The molecular weight excluding hydrogens is 310 g/mol. The normalized spacial score (nSPS) is 16.1. The Bertz CT molecular complexity index is 405. The second kappa shape index (κ2) is 7.47. The van der Waals surface area contributed by atoms with E-state index in [0.717, 1.165) is 43.0 Å². The van der Waals surface area contributed by atoms with E-state index < -0.39 is 0 Å². The molecule has 0 atom stereocenters. The van der Waals surface area contributed by atoms with Crippen molar-refractivity contribution in [3.05, 3.63) is 28.7 Å². The fourth-order valence-corrected chi connectivity index (χ4v) is 2.13. The van der Waals surface area contributed by atoms with Crippen molar-refractivity contribution in [2.75, 3.05) is 44.7 Å². The summed E-state index contributed by atoms with van der Waals surface area (Å²) in [5.74, 6) is 0. The van der Waals surface area contributed by atoms with Gasteiger partial charge in [-0.3, -0.25) is 4.90 Å². The fourth-order valence-electron chi connectivity index (χ4n) is 1.86. The maximum atomic E-state index is 11.7. The van der Waals surface area contributed by atoms with Crippen LogP contribution in [0.5, 0.6) is 0 Å². The topological polar surface area (TPSA) is 53.6 Å². The van der Waals surface area contributed by atoms with Crippen LogP contribution >= 0.6 is 15.9 Å². The van der Waals surface area contributed by atoms with Crippen molar-refractivity contribution in [2.24, 2.45) is 0 Å². The summed E-state index contributed by atoms with van der Waals surface area (Å²) >= 11 is 3.35. The molecule has 0 unspecified atom stereocenters. The van der Waals surface area contributed by atoms with Crippen molar-refractivity contribution < 1.29 is 9.53 Å². The van der Waals surface area contributed by atoms with E-state index in [4.69, 9.17) is 4.74 Å². The second-order valence-electron chi connectivity index (χ2n) is 4.34. The van der Waals surface area contributed by atoms with E-state index in [1.165, 1.54) is 0 Å². The molecule has 1 aliphatic rings. The highest BCUT2D eigenvalue weighted by molar-refractivity contribution is 9.10. The quantitative estimate of drug-likeness (QED) is 0.888. The molecule has 0 radical (unpaired) electrons. The summed E-state index contributed by atoms with van der Waals surface area (Å²) in [7, 11) is 0. The predicted molar refractivity (Wildman–Crippen MR) is 78.4 cm³/mol. The summed E-state index contributed by atoms with van der Waals surface area (Å²) in [5.41, 5.74) is 0.784. The van der Waals surface area contributed by atoms with Crippen molar-refractivity contribution in [2.45, 2.75) is 0 Å². The zero-order valence-electron chi connectivity index (χ0n) is 10.7. The van der Waals surface area contributed by atoms with Gasteiger partial charge in [0.05, 0.1) is 13.2 Å². The summed E-state index contributed by atoms with van der Waals surface area (Å²) in [5, 5.41) is 5.64. The number of morpholine rings is 1. The van der Waals surface area contributed by atoms with E-state index in [-0.39, 0.29) is 6.03 Å². The number of carbonyl (C=O) groups excluding carboxylic acids is 1. The molecule has 2 amide bonds. The lowest BCUT2D eigenvalue weighted by Gasteiger charge is -2.26. The number of rotatable bonds is 4. The van der Waals surface area contributed by atoms with Crippen molar-refractivity contribution >= 4 is 27.6 Å². The Balaban J connectivity index is 1.65. The van der Waals surface area contributed by atoms with Crippen molar-refractivity contribution in [1.29, 1.82) is 0 Å². The van der Waals surface area contributed by atoms with E-state index in [1.807, 2.05) is 24.3 Å². The van der Waals surface area contributed by atoms with Crippen LogP contribution in [-0.2, 0) is 4.74 Å². The van der Waals surface area contributed by atoms with Crippen LogP contribution in [0.15, 0.2) is 28.7 Å². The highest BCUT2D eigenvalue weighted by Crippen LogP contribution is 2.13. The number of amides is 2. The summed E-state index contributed by atoms with van der Waals surface area (Å²) < 4.78 is 6.26. The van der Waals surface area contributed by atoms with Crippen molar-refractivity contribution in [3.8, 4) is 0 Å². The summed E-state index contributed by atoms with van der Waals surface area (Å²) in [6, 6.07) is 7.32. The van der Waals surface area contributed by atoms with Crippen LogP contribution in [0.25, 0.3) is 0 Å². The Morgan fingerprint density at radius 2 is 1.95 bits per heavy atom. The number of urea groups is 1. The molecule has 1 heterocycles. The number of nitrogens with zero attached hydrogens (tertiary/aromatic N) is 1. The van der Waals surface area contributed by atoms with Crippen molar-refractivity contribution in [3.63, 3.8) is 0 Å². The van der Waals surface area contributed by atoms with Gasteiger partial charge in [0.15, 0.2) is 0 Å². The van der Waals surface area contributed by atoms with Crippen LogP contribution in [0, 0.1) is 0 Å². The molecule has 1 fully saturated rings. The summed E-state index contributed by atoms with van der Waals surface area (Å²) in [6.45, 7) is 4.95. The van der Waals surface area contributed by atoms with Crippen LogP contribution < -0.4 is 10.6 Å². The number of anilines is 1. The molecule has 0 spiro atoms. The van der Waals surface area contributed by atoms with Gasteiger partial charge < -0.3 is 15.4 Å². The van der Waals surface area contributed by atoms with Gasteiger partial charge in [0.2, 0.25) is 0 Å². The largest absolute Gasteiger partial charge is 0.379 e. The number of ether oxygens (including phenoxy) is 1. The molecule has 5 nitrogen and oxygen atoms in total. The van der Waals surface area contributed by atoms with Gasteiger partial charge in [-0.2, -0.15) is 0 Å². The second-order valence-corrected chi connectivity index (χ2v) is 5.26. The lowest BCUT2D eigenvalue weighted by Crippen LogP contribution is -2.42. The molecule has 2 rings (SSSR count). The first-order valence-electron chi connectivity index (χ1n) is 6.34. The van der Waals surface area contributed by atoms with E-state index >= 15 is 0 Å².